The third-order valence-electron chi connectivity index (χ3n) is 5.22. The van der Waals surface area contributed by atoms with Gasteiger partial charge in [-0.15, -0.1) is 0 Å². The molecular formula is C25H28N2O5S. The number of nitrogens with zero attached hydrogens (tertiary/aromatic N) is 2. The minimum atomic E-state index is -3.92. The van der Waals surface area contributed by atoms with Crippen LogP contribution >= 0.6 is 0 Å². The quantitative estimate of drug-likeness (QED) is 0.455. The molecular weight excluding hydrogens is 440 g/mol. The van der Waals surface area contributed by atoms with Gasteiger partial charge in [0.05, 0.1) is 25.7 Å². The molecule has 0 bridgehead atoms. The monoisotopic (exact) mass is 468 g/mol. The van der Waals surface area contributed by atoms with Crippen LogP contribution in [0.1, 0.15) is 11.1 Å². The van der Waals surface area contributed by atoms with E-state index in [1.807, 2.05) is 54.6 Å². The third-order valence-corrected chi connectivity index (χ3v) is 7.02. The number of rotatable bonds is 10. The van der Waals surface area contributed by atoms with Gasteiger partial charge in [0.2, 0.25) is 15.9 Å². The number of likely N-dealkylation sites (N-methyl/N-ethyl adjacent to an activating group) is 1. The zero-order valence-electron chi connectivity index (χ0n) is 19.0. The molecule has 3 aromatic carbocycles. The first-order chi connectivity index (χ1) is 15.8. The number of hydrogen-bond donors (Lipinski definition) is 0. The third kappa shape index (κ3) is 6.34. The van der Waals surface area contributed by atoms with E-state index in [4.69, 9.17) is 9.47 Å². The summed E-state index contributed by atoms with van der Waals surface area (Å²) in [4.78, 5) is 14.6. The second-order valence-corrected chi connectivity index (χ2v) is 9.47. The van der Waals surface area contributed by atoms with Crippen LogP contribution in [0, 0.1) is 0 Å². The highest BCUT2D eigenvalue weighted by molar-refractivity contribution is 7.89. The Kier molecular flexibility index (Phi) is 8.08. The Morgan fingerprint density at radius 3 is 1.82 bits per heavy atom. The molecule has 174 valence electrons. The summed E-state index contributed by atoms with van der Waals surface area (Å²) in [6.07, 6.45) is 0. The summed E-state index contributed by atoms with van der Waals surface area (Å²) in [5, 5.41) is 0. The molecule has 0 N–H and O–H groups in total. The molecule has 0 aromatic heterocycles. The highest BCUT2D eigenvalue weighted by Crippen LogP contribution is 2.22. The molecule has 0 aliphatic heterocycles. The minimum Gasteiger partial charge on any atom is -0.497 e. The Morgan fingerprint density at radius 2 is 1.27 bits per heavy atom. The van der Waals surface area contributed by atoms with E-state index >= 15 is 0 Å². The molecule has 1 amide bonds. The normalized spacial score (nSPS) is 11.3. The number of benzene rings is 3. The van der Waals surface area contributed by atoms with Crippen molar-refractivity contribution in [2.45, 2.75) is 18.0 Å². The zero-order valence-corrected chi connectivity index (χ0v) is 19.8. The molecule has 0 atom stereocenters. The van der Waals surface area contributed by atoms with Gasteiger partial charge in [-0.05, 0) is 47.5 Å². The largest absolute Gasteiger partial charge is 0.497 e. The van der Waals surface area contributed by atoms with Crippen LogP contribution in [-0.2, 0) is 27.9 Å². The van der Waals surface area contributed by atoms with Crippen LogP contribution in [-0.4, -0.2) is 51.3 Å². The highest BCUT2D eigenvalue weighted by Gasteiger charge is 2.28. The van der Waals surface area contributed by atoms with Crippen molar-refractivity contribution in [3.63, 3.8) is 0 Å². The van der Waals surface area contributed by atoms with E-state index in [-0.39, 0.29) is 23.9 Å². The van der Waals surface area contributed by atoms with Gasteiger partial charge in [0.25, 0.3) is 0 Å². The van der Waals surface area contributed by atoms with Gasteiger partial charge in [-0.25, -0.2) is 8.42 Å². The molecule has 0 saturated heterocycles. The minimum absolute atomic E-state index is 0.0807. The lowest BCUT2D eigenvalue weighted by Gasteiger charge is -2.25. The van der Waals surface area contributed by atoms with Gasteiger partial charge >= 0.3 is 0 Å². The molecule has 33 heavy (non-hydrogen) atoms. The van der Waals surface area contributed by atoms with E-state index in [0.29, 0.717) is 12.3 Å². The maximum atomic E-state index is 13.4. The number of carbonyl (C=O) groups excluding carboxylic acids is 1. The molecule has 3 aromatic rings. The predicted octanol–water partition coefficient (Wildman–Crippen LogP) is 3.55. The standard InChI is InChI=1S/C25H28N2O5S/c1-26(17-21-9-11-22(31-2)12-10-21)25(28)19-27(18-20-7-5-4-6-8-20)33(29,30)24-15-13-23(32-3)14-16-24/h4-16H,17-19H2,1-3H3. The SMILES string of the molecule is COc1ccc(CN(C)C(=O)CN(Cc2ccccc2)S(=O)(=O)c2ccc(OC)cc2)cc1. The van der Waals surface area contributed by atoms with Crippen LogP contribution in [0.3, 0.4) is 0 Å². The van der Waals surface area contributed by atoms with Crippen molar-refractivity contribution in [2.24, 2.45) is 0 Å². The first-order valence-corrected chi connectivity index (χ1v) is 11.8. The molecule has 0 radical (unpaired) electrons. The van der Waals surface area contributed by atoms with E-state index in [1.54, 1.807) is 26.3 Å². The fourth-order valence-corrected chi connectivity index (χ4v) is 4.65. The van der Waals surface area contributed by atoms with Crippen LogP contribution in [0.4, 0.5) is 0 Å². The second-order valence-electron chi connectivity index (χ2n) is 7.53. The average molecular weight is 469 g/mol. The molecule has 7 nitrogen and oxygen atoms in total. The lowest BCUT2D eigenvalue weighted by atomic mass is 10.2. The van der Waals surface area contributed by atoms with Gasteiger partial charge in [0.15, 0.2) is 0 Å². The number of hydrogen-bond acceptors (Lipinski definition) is 5. The number of ether oxygens (including phenoxy) is 2. The maximum Gasteiger partial charge on any atom is 0.243 e. The number of methoxy groups -OCH3 is 2. The molecule has 0 aliphatic rings. The maximum absolute atomic E-state index is 13.4. The Balaban J connectivity index is 1.81. The van der Waals surface area contributed by atoms with Gasteiger partial charge < -0.3 is 14.4 Å². The van der Waals surface area contributed by atoms with Gasteiger partial charge in [-0.1, -0.05) is 42.5 Å². The van der Waals surface area contributed by atoms with Crippen LogP contribution in [0.15, 0.2) is 83.8 Å². The fraction of sp³-hybridized carbons (Fsp3) is 0.240. The van der Waals surface area contributed by atoms with E-state index in [1.165, 1.54) is 28.4 Å². The van der Waals surface area contributed by atoms with E-state index in [9.17, 15) is 13.2 Å². The Bertz CT molecular complexity index is 1150. The van der Waals surface area contributed by atoms with Gasteiger partial charge in [0.1, 0.15) is 11.5 Å². The first-order valence-electron chi connectivity index (χ1n) is 10.4. The van der Waals surface area contributed by atoms with Crippen molar-refractivity contribution in [1.29, 1.82) is 0 Å². The van der Waals surface area contributed by atoms with Gasteiger partial charge in [0, 0.05) is 20.1 Å². The Labute approximate surface area is 195 Å². The summed E-state index contributed by atoms with van der Waals surface area (Å²) in [6.45, 7) is 0.151. The summed E-state index contributed by atoms with van der Waals surface area (Å²) in [7, 11) is 0.848. The van der Waals surface area contributed by atoms with E-state index in [2.05, 4.69) is 0 Å². The summed E-state index contributed by atoms with van der Waals surface area (Å²) in [6, 6.07) is 22.7. The Morgan fingerprint density at radius 1 is 0.758 bits per heavy atom. The molecule has 0 saturated carbocycles. The zero-order chi connectivity index (χ0) is 23.8. The summed E-state index contributed by atoms with van der Waals surface area (Å²) >= 11 is 0. The van der Waals surface area contributed by atoms with Crippen molar-refractivity contribution < 1.29 is 22.7 Å². The predicted molar refractivity (Wildman–Crippen MR) is 126 cm³/mol. The van der Waals surface area contributed by atoms with Gasteiger partial charge in [-0.2, -0.15) is 4.31 Å². The summed E-state index contributed by atoms with van der Waals surface area (Å²) < 4.78 is 38.3. The summed E-state index contributed by atoms with van der Waals surface area (Å²) in [5.74, 6) is 0.977. The molecule has 0 unspecified atom stereocenters. The van der Waals surface area contributed by atoms with Crippen LogP contribution in [0.25, 0.3) is 0 Å². The highest BCUT2D eigenvalue weighted by atomic mass is 32.2. The van der Waals surface area contributed by atoms with Crippen molar-refractivity contribution in [3.05, 3.63) is 90.0 Å². The van der Waals surface area contributed by atoms with Crippen molar-refractivity contribution in [1.82, 2.24) is 9.21 Å². The van der Waals surface area contributed by atoms with Crippen molar-refractivity contribution in [3.8, 4) is 11.5 Å². The molecule has 3 rings (SSSR count). The molecule has 8 heteroatoms. The van der Waals surface area contributed by atoms with E-state index in [0.717, 1.165) is 16.9 Å². The van der Waals surface area contributed by atoms with E-state index < -0.39 is 10.0 Å². The van der Waals surface area contributed by atoms with Crippen LogP contribution < -0.4 is 9.47 Å². The number of carbonyl (C=O) groups is 1. The van der Waals surface area contributed by atoms with Crippen LogP contribution in [0.5, 0.6) is 11.5 Å². The van der Waals surface area contributed by atoms with Gasteiger partial charge in [-0.3, -0.25) is 4.79 Å². The first kappa shape index (κ1) is 24.3. The van der Waals surface area contributed by atoms with Crippen molar-refractivity contribution >= 4 is 15.9 Å². The van der Waals surface area contributed by atoms with Crippen molar-refractivity contribution in [2.75, 3.05) is 27.8 Å². The fourth-order valence-electron chi connectivity index (χ4n) is 3.27. The number of amides is 1. The molecule has 0 aliphatic carbocycles. The molecule has 0 heterocycles. The average Bonchev–Trinajstić information content (AvgIpc) is 2.84. The molecule has 0 fully saturated rings. The second kappa shape index (κ2) is 11.0. The number of sulfonamides is 1. The molecule has 0 spiro atoms. The topological polar surface area (TPSA) is 76.2 Å². The lowest BCUT2D eigenvalue weighted by molar-refractivity contribution is -0.130. The smallest absolute Gasteiger partial charge is 0.243 e. The van der Waals surface area contributed by atoms with Crippen LogP contribution in [0.2, 0.25) is 0 Å². The lowest BCUT2D eigenvalue weighted by Crippen LogP contribution is -2.40. The summed E-state index contributed by atoms with van der Waals surface area (Å²) in [5.41, 5.74) is 1.71. The Hall–Kier alpha value is -3.36.